The number of nitrogens with zero attached hydrogens (tertiary/aromatic N) is 2. The molecule has 0 aliphatic rings. The fourth-order valence-corrected chi connectivity index (χ4v) is 1.68. The van der Waals surface area contributed by atoms with Crippen LogP contribution in [-0.2, 0) is 6.54 Å². The molecule has 0 aliphatic carbocycles. The van der Waals surface area contributed by atoms with Crippen molar-refractivity contribution in [3.05, 3.63) is 59.7 Å². The molecule has 0 saturated heterocycles. The van der Waals surface area contributed by atoms with Crippen LogP contribution in [0.3, 0.4) is 0 Å². The van der Waals surface area contributed by atoms with Gasteiger partial charge in [0.25, 0.3) is 0 Å². The highest BCUT2D eigenvalue weighted by atomic mass is 16.1. The maximum Gasteiger partial charge on any atom is 0.229 e. The number of carbonyl (C=O) groups excluding carboxylic acids is 1. The van der Waals surface area contributed by atoms with Gasteiger partial charge in [0.1, 0.15) is 0 Å². The Morgan fingerprint density at radius 1 is 1.29 bits per heavy atom. The van der Waals surface area contributed by atoms with Gasteiger partial charge in [-0.2, -0.15) is 4.57 Å². The van der Waals surface area contributed by atoms with Crippen molar-refractivity contribution in [1.82, 2.24) is 4.98 Å². The number of hydrogen-bond donors (Lipinski definition) is 0. The average Bonchev–Trinajstić information content (AvgIpc) is 2.35. The molecule has 0 amide bonds. The summed E-state index contributed by atoms with van der Waals surface area (Å²) in [5, 5.41) is 0. The first-order valence-electron chi connectivity index (χ1n) is 5.57. The Labute approximate surface area is 101 Å². The minimum Gasteiger partial charge on any atom is -0.287 e. The van der Waals surface area contributed by atoms with Crippen LogP contribution in [-0.4, -0.2) is 10.8 Å². The quantitative estimate of drug-likeness (QED) is 0.592. The number of carbonyl (C=O) groups is 1. The van der Waals surface area contributed by atoms with Crippen LogP contribution in [0.25, 0.3) is 0 Å². The van der Waals surface area contributed by atoms with E-state index in [1.807, 2.05) is 36.7 Å². The van der Waals surface area contributed by atoms with Gasteiger partial charge in [0, 0.05) is 36.5 Å². The van der Waals surface area contributed by atoms with Gasteiger partial charge in [-0.3, -0.25) is 9.78 Å². The number of rotatable bonds is 3. The van der Waals surface area contributed by atoms with Crippen molar-refractivity contribution in [2.75, 3.05) is 0 Å². The lowest BCUT2D eigenvalue weighted by Crippen LogP contribution is -2.40. The van der Waals surface area contributed by atoms with Crippen molar-refractivity contribution < 1.29 is 9.36 Å². The largest absolute Gasteiger partial charge is 0.287 e. The van der Waals surface area contributed by atoms with E-state index in [9.17, 15) is 4.79 Å². The predicted molar refractivity (Wildman–Crippen MR) is 64.7 cm³/mol. The van der Waals surface area contributed by atoms with Crippen molar-refractivity contribution in [1.29, 1.82) is 0 Å². The lowest BCUT2D eigenvalue weighted by atomic mass is 10.2. The molecular formula is C14H15N2O+. The summed E-state index contributed by atoms with van der Waals surface area (Å²) >= 11 is 0. The number of aromatic nitrogens is 2. The Balaban J connectivity index is 2.22. The lowest BCUT2D eigenvalue weighted by Gasteiger charge is -2.01. The van der Waals surface area contributed by atoms with Crippen LogP contribution in [0.5, 0.6) is 0 Å². The third kappa shape index (κ3) is 2.75. The molecule has 0 fully saturated rings. The molecule has 2 aromatic heterocycles. The topological polar surface area (TPSA) is 33.8 Å². The van der Waals surface area contributed by atoms with E-state index in [1.54, 1.807) is 24.5 Å². The van der Waals surface area contributed by atoms with Crippen molar-refractivity contribution in [2.24, 2.45) is 0 Å². The molecule has 0 aliphatic heterocycles. The van der Waals surface area contributed by atoms with Crippen LogP contribution in [0.4, 0.5) is 0 Å². The third-order valence-electron chi connectivity index (χ3n) is 2.70. The average molecular weight is 227 g/mol. The highest BCUT2D eigenvalue weighted by Gasteiger charge is 2.14. The molecule has 0 aromatic carbocycles. The summed E-state index contributed by atoms with van der Waals surface area (Å²) in [5.41, 5.74) is 2.88. The number of ketones is 1. The van der Waals surface area contributed by atoms with Gasteiger partial charge in [0.15, 0.2) is 11.9 Å². The molecule has 0 radical (unpaired) electrons. The SMILES string of the molecule is Cc1ccc(C)[n+](CC(=O)c2cccnc2)c1. The number of Topliss-reactive ketones (excluding diaryl/α,β-unsaturated/α-hetero) is 1. The molecule has 3 heteroatoms. The second-order valence-electron chi connectivity index (χ2n) is 4.14. The maximum absolute atomic E-state index is 12.0. The zero-order valence-electron chi connectivity index (χ0n) is 10.1. The highest BCUT2D eigenvalue weighted by molar-refractivity contribution is 5.94. The third-order valence-corrected chi connectivity index (χ3v) is 2.70. The number of aryl methyl sites for hydroxylation is 2. The molecule has 0 unspecified atom stereocenters. The zero-order valence-corrected chi connectivity index (χ0v) is 10.1. The fraction of sp³-hybridized carbons (Fsp3) is 0.214. The molecule has 0 spiro atoms. The smallest absolute Gasteiger partial charge is 0.229 e. The standard InChI is InChI=1S/C14H15N2O/c1-11-5-6-12(2)16(9-11)10-14(17)13-4-3-7-15-8-13/h3-9H,10H2,1-2H3/q+1. The van der Waals surface area contributed by atoms with Crippen molar-refractivity contribution in [2.45, 2.75) is 20.4 Å². The molecule has 0 atom stereocenters. The van der Waals surface area contributed by atoms with E-state index in [0.717, 1.165) is 11.3 Å². The molecule has 17 heavy (non-hydrogen) atoms. The van der Waals surface area contributed by atoms with E-state index >= 15 is 0 Å². The molecule has 0 bridgehead atoms. The summed E-state index contributed by atoms with van der Waals surface area (Å²) < 4.78 is 1.96. The molecule has 3 nitrogen and oxygen atoms in total. The summed E-state index contributed by atoms with van der Waals surface area (Å²) in [7, 11) is 0. The van der Waals surface area contributed by atoms with Crippen LogP contribution < -0.4 is 4.57 Å². The molecule has 0 saturated carbocycles. The Morgan fingerprint density at radius 2 is 2.12 bits per heavy atom. The van der Waals surface area contributed by atoms with Gasteiger partial charge >= 0.3 is 0 Å². The number of hydrogen-bond acceptors (Lipinski definition) is 2. The van der Waals surface area contributed by atoms with E-state index in [-0.39, 0.29) is 5.78 Å². The monoisotopic (exact) mass is 227 g/mol. The fourth-order valence-electron chi connectivity index (χ4n) is 1.68. The Bertz CT molecular complexity index is 535. The van der Waals surface area contributed by atoms with Gasteiger partial charge < -0.3 is 0 Å². The molecule has 2 heterocycles. The summed E-state index contributed by atoms with van der Waals surface area (Å²) in [4.78, 5) is 16.0. The van der Waals surface area contributed by atoms with Gasteiger partial charge in [-0.05, 0) is 25.1 Å². The normalized spacial score (nSPS) is 10.2. The van der Waals surface area contributed by atoms with Gasteiger partial charge in [0.2, 0.25) is 12.3 Å². The minimum atomic E-state index is 0.0804. The highest BCUT2D eigenvalue weighted by Crippen LogP contribution is 2.00. The van der Waals surface area contributed by atoms with E-state index in [0.29, 0.717) is 12.1 Å². The van der Waals surface area contributed by atoms with Crippen LogP contribution in [0.1, 0.15) is 21.6 Å². The van der Waals surface area contributed by atoms with Crippen LogP contribution in [0.2, 0.25) is 0 Å². The van der Waals surface area contributed by atoms with E-state index in [1.165, 1.54) is 0 Å². The van der Waals surface area contributed by atoms with Crippen LogP contribution >= 0.6 is 0 Å². The first kappa shape index (κ1) is 11.5. The Hall–Kier alpha value is -2.03. The van der Waals surface area contributed by atoms with Gasteiger partial charge in [-0.25, -0.2) is 0 Å². The predicted octanol–water partition coefficient (Wildman–Crippen LogP) is 1.87. The summed E-state index contributed by atoms with van der Waals surface area (Å²) in [6, 6.07) is 7.63. The van der Waals surface area contributed by atoms with Gasteiger partial charge in [-0.15, -0.1) is 0 Å². The molecule has 2 aromatic rings. The van der Waals surface area contributed by atoms with Crippen molar-refractivity contribution in [3.8, 4) is 0 Å². The van der Waals surface area contributed by atoms with E-state index in [4.69, 9.17) is 0 Å². The Morgan fingerprint density at radius 3 is 2.82 bits per heavy atom. The summed E-state index contributed by atoms with van der Waals surface area (Å²) in [6.07, 6.45) is 5.26. The second kappa shape index (κ2) is 4.87. The van der Waals surface area contributed by atoms with Crippen LogP contribution in [0, 0.1) is 13.8 Å². The molecule has 86 valence electrons. The van der Waals surface area contributed by atoms with Gasteiger partial charge in [0.05, 0.1) is 0 Å². The van der Waals surface area contributed by atoms with Crippen molar-refractivity contribution >= 4 is 5.78 Å². The molecular weight excluding hydrogens is 212 g/mol. The van der Waals surface area contributed by atoms with E-state index < -0.39 is 0 Å². The zero-order chi connectivity index (χ0) is 12.3. The van der Waals surface area contributed by atoms with E-state index in [2.05, 4.69) is 4.98 Å². The lowest BCUT2D eigenvalue weighted by molar-refractivity contribution is -0.689. The summed E-state index contributed by atoms with van der Waals surface area (Å²) in [6.45, 7) is 4.37. The van der Waals surface area contributed by atoms with Crippen molar-refractivity contribution in [3.63, 3.8) is 0 Å². The maximum atomic E-state index is 12.0. The first-order chi connectivity index (χ1) is 8.16. The molecule has 2 rings (SSSR count). The number of pyridine rings is 2. The minimum absolute atomic E-state index is 0.0804. The Kier molecular flexibility index (Phi) is 3.28. The first-order valence-corrected chi connectivity index (χ1v) is 5.57. The van der Waals surface area contributed by atoms with Crippen LogP contribution in [0.15, 0.2) is 42.9 Å². The summed E-state index contributed by atoms with van der Waals surface area (Å²) in [5.74, 6) is 0.0804. The van der Waals surface area contributed by atoms with Gasteiger partial charge in [-0.1, -0.05) is 0 Å². The second-order valence-corrected chi connectivity index (χ2v) is 4.14. The molecule has 0 N–H and O–H groups in total.